The molecule has 0 aliphatic carbocycles. The number of aromatic amines is 1. The van der Waals surface area contributed by atoms with E-state index in [-0.39, 0.29) is 17.7 Å². The number of pyridine rings is 2. The Kier molecular flexibility index (Phi) is 5.71. The van der Waals surface area contributed by atoms with Crippen LogP contribution in [0.25, 0.3) is 33.3 Å². The molecular weight excluding hydrogens is 472 g/mol. The molecule has 0 saturated carbocycles. The van der Waals surface area contributed by atoms with Gasteiger partial charge in [-0.2, -0.15) is 5.10 Å². The normalized spacial score (nSPS) is 15.5. The zero-order valence-corrected chi connectivity index (χ0v) is 21.2. The number of nitrogens with one attached hydrogen (secondary N) is 1. The zero-order chi connectivity index (χ0) is 25.7. The maximum Gasteiger partial charge on any atom is 0.360 e. The van der Waals surface area contributed by atoms with Crippen molar-refractivity contribution in [3.8, 4) is 11.3 Å². The second-order valence-electron chi connectivity index (χ2n) is 9.53. The molecule has 5 aromatic heterocycles. The number of rotatable bonds is 5. The maximum atomic E-state index is 12.9. The first-order chi connectivity index (χ1) is 18.0. The van der Waals surface area contributed by atoms with Crippen molar-refractivity contribution in [1.82, 2.24) is 39.7 Å². The van der Waals surface area contributed by atoms with Gasteiger partial charge in [-0.05, 0) is 55.9 Å². The smallest absolute Gasteiger partial charge is 0.360 e. The van der Waals surface area contributed by atoms with Gasteiger partial charge in [0.1, 0.15) is 16.6 Å². The minimum Gasteiger partial charge on any atom is -0.464 e. The molecule has 1 aliphatic heterocycles. The number of carbonyl (C=O) groups excluding carboxylic acids is 1. The van der Waals surface area contributed by atoms with Crippen LogP contribution in [0.4, 0.5) is 0 Å². The van der Waals surface area contributed by atoms with Gasteiger partial charge in [0, 0.05) is 44.4 Å². The number of hydrogen-bond donors (Lipinski definition) is 1. The van der Waals surface area contributed by atoms with Crippen LogP contribution in [0.15, 0.2) is 30.7 Å². The van der Waals surface area contributed by atoms with Crippen LogP contribution in [0.5, 0.6) is 0 Å². The molecule has 0 spiro atoms. The Morgan fingerprint density at radius 2 is 2.05 bits per heavy atom. The lowest BCUT2D eigenvalue weighted by Crippen LogP contribution is -2.28. The first-order valence-electron chi connectivity index (χ1n) is 12.3. The molecule has 1 saturated heterocycles. The monoisotopic (exact) mass is 500 g/mol. The molecule has 11 nitrogen and oxygen atoms in total. The van der Waals surface area contributed by atoms with E-state index < -0.39 is 5.97 Å². The van der Waals surface area contributed by atoms with E-state index in [0.29, 0.717) is 18.7 Å². The average Bonchev–Trinajstić information content (AvgIpc) is 3.57. The van der Waals surface area contributed by atoms with E-state index in [1.807, 2.05) is 43.2 Å². The van der Waals surface area contributed by atoms with E-state index in [4.69, 9.17) is 19.6 Å². The zero-order valence-electron chi connectivity index (χ0n) is 21.2. The first-order valence-corrected chi connectivity index (χ1v) is 12.3. The quantitative estimate of drug-likeness (QED) is 0.363. The molecule has 1 unspecified atom stereocenters. The number of ether oxygens (including phenoxy) is 2. The lowest BCUT2D eigenvalue weighted by Gasteiger charge is -2.32. The van der Waals surface area contributed by atoms with Crippen LogP contribution in [0, 0.1) is 19.8 Å². The summed E-state index contributed by atoms with van der Waals surface area (Å²) in [6, 6.07) is 3.87. The van der Waals surface area contributed by atoms with Gasteiger partial charge in [0.2, 0.25) is 0 Å². The standard InChI is InChI=1S/C26H28N8O3/c1-14-5-8-27-13-18(14)24(16-6-9-37-10-7-16)34-25-20-19(29-21(25)22(31-34)26(35)36-4)11-17(12-28-20)23-15(2)30-32-33(23)3/h5,8,11-13,16,24,29H,6-7,9-10H2,1-4H3. The van der Waals surface area contributed by atoms with Crippen molar-refractivity contribution in [2.24, 2.45) is 13.0 Å². The average molecular weight is 501 g/mol. The fourth-order valence-electron chi connectivity index (χ4n) is 5.49. The first kappa shape index (κ1) is 23.3. The highest BCUT2D eigenvalue weighted by molar-refractivity contribution is 6.11. The van der Waals surface area contributed by atoms with Crippen molar-refractivity contribution >= 4 is 28.0 Å². The molecule has 37 heavy (non-hydrogen) atoms. The van der Waals surface area contributed by atoms with Crippen LogP contribution < -0.4 is 0 Å². The Morgan fingerprint density at radius 1 is 1.24 bits per heavy atom. The number of fused-ring (bicyclic) bond motifs is 3. The highest BCUT2D eigenvalue weighted by Gasteiger charge is 2.33. The van der Waals surface area contributed by atoms with Crippen molar-refractivity contribution in [1.29, 1.82) is 0 Å². The second kappa shape index (κ2) is 9.07. The molecule has 0 bridgehead atoms. The molecule has 1 atom stereocenters. The molecule has 190 valence electrons. The summed E-state index contributed by atoms with van der Waals surface area (Å²) in [5.41, 5.74) is 7.87. The fraction of sp³-hybridized carbons (Fsp3) is 0.385. The van der Waals surface area contributed by atoms with Gasteiger partial charge < -0.3 is 14.5 Å². The number of esters is 1. The van der Waals surface area contributed by atoms with Gasteiger partial charge in [0.05, 0.1) is 30.1 Å². The number of methoxy groups -OCH3 is 1. The van der Waals surface area contributed by atoms with Gasteiger partial charge in [-0.25, -0.2) is 9.48 Å². The van der Waals surface area contributed by atoms with Crippen LogP contribution in [-0.4, -0.2) is 66.0 Å². The molecule has 6 rings (SSSR count). The number of hydrogen-bond acceptors (Lipinski definition) is 8. The molecular formula is C26H28N8O3. The second-order valence-corrected chi connectivity index (χ2v) is 9.53. The Hall–Kier alpha value is -4.12. The van der Waals surface area contributed by atoms with Crippen molar-refractivity contribution in [2.45, 2.75) is 32.7 Å². The third kappa shape index (κ3) is 3.77. The predicted molar refractivity (Wildman–Crippen MR) is 136 cm³/mol. The van der Waals surface area contributed by atoms with Crippen LogP contribution in [0.1, 0.15) is 46.2 Å². The Balaban J connectivity index is 1.62. The van der Waals surface area contributed by atoms with Crippen LogP contribution in [0.3, 0.4) is 0 Å². The lowest BCUT2D eigenvalue weighted by molar-refractivity contribution is 0.0523. The van der Waals surface area contributed by atoms with E-state index in [1.54, 1.807) is 10.9 Å². The van der Waals surface area contributed by atoms with Crippen LogP contribution >= 0.6 is 0 Å². The van der Waals surface area contributed by atoms with E-state index in [1.165, 1.54) is 7.11 Å². The molecule has 1 N–H and O–H groups in total. The molecule has 0 aromatic carbocycles. The van der Waals surface area contributed by atoms with Gasteiger partial charge in [-0.3, -0.25) is 14.6 Å². The highest BCUT2D eigenvalue weighted by atomic mass is 16.5. The summed E-state index contributed by atoms with van der Waals surface area (Å²) < 4.78 is 14.5. The largest absolute Gasteiger partial charge is 0.464 e. The minimum absolute atomic E-state index is 0.150. The predicted octanol–water partition coefficient (Wildman–Crippen LogP) is 3.52. The number of aromatic nitrogens is 8. The van der Waals surface area contributed by atoms with E-state index in [9.17, 15) is 4.79 Å². The summed E-state index contributed by atoms with van der Waals surface area (Å²) in [7, 11) is 3.22. The number of nitrogens with zero attached hydrogens (tertiary/aromatic N) is 7. The molecule has 0 radical (unpaired) electrons. The van der Waals surface area contributed by atoms with Gasteiger partial charge in [0.25, 0.3) is 0 Å². The summed E-state index contributed by atoms with van der Waals surface area (Å²) in [4.78, 5) is 25.6. The van der Waals surface area contributed by atoms with E-state index in [0.717, 1.165) is 57.5 Å². The Bertz CT molecular complexity index is 1610. The fourth-order valence-corrected chi connectivity index (χ4v) is 5.49. The Labute approximate surface area is 212 Å². The summed E-state index contributed by atoms with van der Waals surface area (Å²) in [5.74, 6) is -0.256. The summed E-state index contributed by atoms with van der Waals surface area (Å²) in [6.07, 6.45) is 7.26. The topological polar surface area (TPSA) is 126 Å². The minimum atomic E-state index is -0.504. The van der Waals surface area contributed by atoms with Gasteiger partial charge >= 0.3 is 5.97 Å². The van der Waals surface area contributed by atoms with Crippen molar-refractivity contribution in [3.05, 3.63) is 53.2 Å². The van der Waals surface area contributed by atoms with Crippen LogP contribution in [0.2, 0.25) is 0 Å². The molecule has 5 aromatic rings. The molecule has 0 amide bonds. The van der Waals surface area contributed by atoms with E-state index in [2.05, 4.69) is 27.2 Å². The number of carbonyl (C=O) groups is 1. The van der Waals surface area contributed by atoms with Crippen molar-refractivity contribution in [2.75, 3.05) is 20.3 Å². The lowest BCUT2D eigenvalue weighted by atomic mass is 9.86. The third-order valence-corrected chi connectivity index (χ3v) is 7.30. The van der Waals surface area contributed by atoms with Crippen molar-refractivity contribution in [3.63, 3.8) is 0 Å². The van der Waals surface area contributed by atoms with E-state index >= 15 is 0 Å². The van der Waals surface area contributed by atoms with Crippen LogP contribution in [-0.2, 0) is 16.5 Å². The molecule has 6 heterocycles. The number of aryl methyl sites for hydroxylation is 3. The molecule has 11 heteroatoms. The summed E-state index contributed by atoms with van der Waals surface area (Å²) >= 11 is 0. The summed E-state index contributed by atoms with van der Waals surface area (Å²) in [6.45, 7) is 5.36. The van der Waals surface area contributed by atoms with Gasteiger partial charge in [-0.15, -0.1) is 5.10 Å². The van der Waals surface area contributed by atoms with Crippen molar-refractivity contribution < 1.29 is 14.3 Å². The highest BCUT2D eigenvalue weighted by Crippen LogP contribution is 2.39. The summed E-state index contributed by atoms with van der Waals surface area (Å²) in [5, 5.41) is 13.1. The SMILES string of the molecule is COC(=O)c1nn(C(c2cnccc2C)C2CCOCC2)c2c1[nH]c1cc(-c3c(C)nnn3C)cnc12. The van der Waals surface area contributed by atoms with Gasteiger partial charge in [-0.1, -0.05) is 5.21 Å². The number of H-pyrrole nitrogens is 1. The maximum absolute atomic E-state index is 12.9. The Morgan fingerprint density at radius 3 is 2.76 bits per heavy atom. The molecule has 1 aliphatic rings. The molecule has 1 fully saturated rings. The third-order valence-electron chi connectivity index (χ3n) is 7.30. The van der Waals surface area contributed by atoms with Gasteiger partial charge in [0.15, 0.2) is 5.69 Å².